The predicted octanol–water partition coefficient (Wildman–Crippen LogP) is 6.78. The van der Waals surface area contributed by atoms with Gasteiger partial charge < -0.3 is 9.84 Å². The fraction of sp³-hybridized carbons (Fsp3) is 0.133. The standard InChI is InChI=1S/C30H26ClN3O5S/c31-23-15-7-8-16-28(23)40(37,38)33-25-19-24-26(20-27(25)39-18-10-9-17-29(35)36)34(22-13-5-2-6-14-22)30(32-24)21-11-3-1-4-12-21/h1-8,11-16,19-20,33H,9-10,17-18H2,(H,35,36). The van der Waals surface area contributed by atoms with Gasteiger partial charge in [0.25, 0.3) is 10.0 Å². The van der Waals surface area contributed by atoms with Gasteiger partial charge in [-0.2, -0.15) is 0 Å². The van der Waals surface area contributed by atoms with E-state index in [-0.39, 0.29) is 34.4 Å². The first-order valence-corrected chi connectivity index (χ1v) is 14.5. The van der Waals surface area contributed by atoms with Crippen molar-refractivity contribution in [1.82, 2.24) is 9.55 Å². The molecule has 40 heavy (non-hydrogen) atoms. The van der Waals surface area contributed by atoms with Crippen molar-refractivity contribution in [3.05, 3.63) is 102 Å². The third-order valence-electron chi connectivity index (χ3n) is 6.22. The van der Waals surface area contributed by atoms with E-state index in [1.165, 1.54) is 12.1 Å². The number of para-hydroxylation sites is 1. The van der Waals surface area contributed by atoms with Crippen LogP contribution in [0.1, 0.15) is 19.3 Å². The summed E-state index contributed by atoms with van der Waals surface area (Å²) in [5.41, 5.74) is 3.23. The second kappa shape index (κ2) is 11.8. The summed E-state index contributed by atoms with van der Waals surface area (Å²) in [5.74, 6) is 0.0882. The molecule has 2 N–H and O–H groups in total. The topological polar surface area (TPSA) is 111 Å². The highest BCUT2D eigenvalue weighted by molar-refractivity contribution is 7.92. The van der Waals surface area contributed by atoms with Crippen LogP contribution in [-0.2, 0) is 14.8 Å². The molecular weight excluding hydrogens is 550 g/mol. The summed E-state index contributed by atoms with van der Waals surface area (Å²) >= 11 is 6.20. The number of nitrogens with one attached hydrogen (secondary N) is 1. The summed E-state index contributed by atoms with van der Waals surface area (Å²) in [7, 11) is -4.06. The highest BCUT2D eigenvalue weighted by Crippen LogP contribution is 2.37. The fourth-order valence-corrected chi connectivity index (χ4v) is 5.93. The van der Waals surface area contributed by atoms with Crippen molar-refractivity contribution in [2.75, 3.05) is 11.3 Å². The van der Waals surface area contributed by atoms with Gasteiger partial charge in [-0.3, -0.25) is 14.1 Å². The van der Waals surface area contributed by atoms with E-state index in [0.717, 1.165) is 11.3 Å². The molecule has 8 nitrogen and oxygen atoms in total. The van der Waals surface area contributed by atoms with Crippen molar-refractivity contribution in [3.8, 4) is 22.8 Å². The number of aliphatic carboxylic acids is 1. The Hall–Kier alpha value is -4.34. The van der Waals surface area contributed by atoms with Gasteiger partial charge in [-0.05, 0) is 43.2 Å². The van der Waals surface area contributed by atoms with Gasteiger partial charge in [0.05, 0.1) is 28.4 Å². The number of imidazole rings is 1. The second-order valence-electron chi connectivity index (χ2n) is 9.04. The Morgan fingerprint density at radius 2 is 1.60 bits per heavy atom. The molecular formula is C30H26ClN3O5S. The lowest BCUT2D eigenvalue weighted by Gasteiger charge is -2.15. The molecule has 0 saturated heterocycles. The molecule has 10 heteroatoms. The molecule has 0 atom stereocenters. The van der Waals surface area contributed by atoms with Crippen LogP contribution in [0.25, 0.3) is 28.1 Å². The number of ether oxygens (including phenoxy) is 1. The lowest BCUT2D eigenvalue weighted by atomic mass is 10.2. The first kappa shape index (κ1) is 27.2. The normalized spacial score (nSPS) is 11.4. The minimum atomic E-state index is -4.06. The first-order valence-electron chi connectivity index (χ1n) is 12.6. The molecule has 0 amide bonds. The Balaban J connectivity index is 1.63. The smallest absolute Gasteiger partial charge is 0.303 e. The molecule has 0 saturated carbocycles. The number of hydrogen-bond donors (Lipinski definition) is 2. The van der Waals surface area contributed by atoms with Gasteiger partial charge >= 0.3 is 5.97 Å². The van der Waals surface area contributed by atoms with Crippen LogP contribution in [0.2, 0.25) is 5.02 Å². The minimum absolute atomic E-state index is 0.0234. The molecule has 5 rings (SSSR count). The monoisotopic (exact) mass is 575 g/mol. The van der Waals surface area contributed by atoms with Crippen LogP contribution in [-0.4, -0.2) is 35.7 Å². The molecule has 0 aliphatic rings. The number of aromatic nitrogens is 2. The zero-order valence-corrected chi connectivity index (χ0v) is 22.9. The third-order valence-corrected chi connectivity index (χ3v) is 8.08. The van der Waals surface area contributed by atoms with Crippen LogP contribution in [0.3, 0.4) is 0 Å². The minimum Gasteiger partial charge on any atom is -0.491 e. The van der Waals surface area contributed by atoms with E-state index >= 15 is 0 Å². The molecule has 1 aromatic heterocycles. The van der Waals surface area contributed by atoms with Crippen LogP contribution in [0.4, 0.5) is 5.69 Å². The van der Waals surface area contributed by atoms with E-state index < -0.39 is 16.0 Å². The largest absolute Gasteiger partial charge is 0.491 e. The summed E-state index contributed by atoms with van der Waals surface area (Å²) in [6, 6.07) is 29.0. The molecule has 204 valence electrons. The summed E-state index contributed by atoms with van der Waals surface area (Å²) in [6.45, 7) is 0.199. The van der Waals surface area contributed by atoms with Gasteiger partial charge in [-0.15, -0.1) is 0 Å². The maximum Gasteiger partial charge on any atom is 0.303 e. The molecule has 0 aliphatic heterocycles. The number of rotatable bonds is 11. The maximum atomic E-state index is 13.3. The van der Waals surface area contributed by atoms with E-state index in [1.54, 1.807) is 24.3 Å². The van der Waals surface area contributed by atoms with Gasteiger partial charge in [0.1, 0.15) is 16.5 Å². The lowest BCUT2D eigenvalue weighted by molar-refractivity contribution is -0.137. The van der Waals surface area contributed by atoms with Crippen LogP contribution in [0, 0.1) is 0 Å². The molecule has 0 unspecified atom stereocenters. The predicted molar refractivity (Wildman–Crippen MR) is 156 cm³/mol. The summed E-state index contributed by atoms with van der Waals surface area (Å²) in [5, 5.41) is 9.04. The second-order valence-corrected chi connectivity index (χ2v) is 11.1. The van der Waals surface area contributed by atoms with E-state index in [4.69, 9.17) is 26.4 Å². The van der Waals surface area contributed by atoms with Gasteiger partial charge in [0.2, 0.25) is 0 Å². The molecule has 1 heterocycles. The van der Waals surface area contributed by atoms with Gasteiger partial charge in [-0.25, -0.2) is 13.4 Å². The van der Waals surface area contributed by atoms with Gasteiger partial charge in [-0.1, -0.05) is 72.3 Å². The van der Waals surface area contributed by atoms with Gasteiger partial charge in [0.15, 0.2) is 0 Å². The molecule has 0 spiro atoms. The number of fused-ring (bicyclic) bond motifs is 1. The third kappa shape index (κ3) is 5.95. The van der Waals surface area contributed by atoms with Crippen LogP contribution in [0.5, 0.6) is 5.75 Å². The zero-order valence-electron chi connectivity index (χ0n) is 21.3. The number of halogens is 1. The molecule has 0 fully saturated rings. The van der Waals surface area contributed by atoms with Crippen LogP contribution < -0.4 is 9.46 Å². The summed E-state index contributed by atoms with van der Waals surface area (Å²) < 4.78 is 37.3. The van der Waals surface area contributed by atoms with Crippen molar-refractivity contribution in [2.45, 2.75) is 24.2 Å². The SMILES string of the molecule is O=C(O)CCCCOc1cc2c(cc1NS(=O)(=O)c1ccccc1Cl)nc(-c1ccccc1)n2-c1ccccc1. The van der Waals surface area contributed by atoms with Crippen LogP contribution >= 0.6 is 11.6 Å². The molecule has 5 aromatic rings. The highest BCUT2D eigenvalue weighted by atomic mass is 35.5. The number of carboxylic acids is 1. The molecule has 0 radical (unpaired) electrons. The Bertz CT molecular complexity index is 1760. The van der Waals surface area contributed by atoms with Crippen molar-refractivity contribution in [2.24, 2.45) is 0 Å². The van der Waals surface area contributed by atoms with Crippen molar-refractivity contribution < 1.29 is 23.1 Å². The lowest BCUT2D eigenvalue weighted by Crippen LogP contribution is -2.14. The van der Waals surface area contributed by atoms with Crippen molar-refractivity contribution in [1.29, 1.82) is 0 Å². The van der Waals surface area contributed by atoms with E-state index in [1.807, 2.05) is 65.2 Å². The maximum absolute atomic E-state index is 13.3. The van der Waals surface area contributed by atoms with Crippen molar-refractivity contribution in [3.63, 3.8) is 0 Å². The Morgan fingerprint density at radius 3 is 2.30 bits per heavy atom. The molecule has 0 aliphatic carbocycles. The van der Waals surface area contributed by atoms with Crippen molar-refractivity contribution >= 4 is 44.3 Å². The zero-order chi connectivity index (χ0) is 28.1. The Morgan fingerprint density at radius 1 is 0.925 bits per heavy atom. The molecule has 0 bridgehead atoms. The number of anilines is 1. The average molecular weight is 576 g/mol. The number of carboxylic acid groups (broad SMARTS) is 1. The number of carbonyl (C=O) groups is 1. The number of nitrogens with zero attached hydrogens (tertiary/aromatic N) is 2. The average Bonchev–Trinajstić information content (AvgIpc) is 3.32. The summed E-state index contributed by atoms with van der Waals surface area (Å²) in [4.78, 5) is 15.7. The van der Waals surface area contributed by atoms with E-state index in [2.05, 4.69) is 4.72 Å². The van der Waals surface area contributed by atoms with E-state index in [9.17, 15) is 13.2 Å². The van der Waals surface area contributed by atoms with E-state index in [0.29, 0.717) is 29.7 Å². The van der Waals surface area contributed by atoms with Crippen LogP contribution in [0.15, 0.2) is 102 Å². The number of sulfonamides is 1. The Labute approximate surface area is 236 Å². The Kier molecular flexibility index (Phi) is 8.04. The number of benzene rings is 4. The molecule has 4 aromatic carbocycles. The quantitative estimate of drug-likeness (QED) is 0.168. The highest BCUT2D eigenvalue weighted by Gasteiger charge is 2.23. The number of unbranched alkanes of at least 4 members (excludes halogenated alkanes) is 1. The van der Waals surface area contributed by atoms with Gasteiger partial charge in [0, 0.05) is 23.7 Å². The first-order chi connectivity index (χ1) is 19.3. The number of hydrogen-bond acceptors (Lipinski definition) is 5. The summed E-state index contributed by atoms with van der Waals surface area (Å²) in [6.07, 6.45) is 0.933. The fourth-order valence-electron chi connectivity index (χ4n) is 4.35.